The second-order valence-electron chi connectivity index (χ2n) is 12.8. The standard InChI is InChI=1S/C46H27N5/c1-29-9-6-15-39-38-14-3-5-17-42(38)50(46(29)39)36-12-7-10-32(25-36)34-21-31(27-48)22-35(24-34)37-13-2-4-16-41(37)51-43-20-19-30(26-47)23-40(43)45-33(28-49)11-8-18-44(45)51/h2-25H,1H3. The Morgan fingerprint density at radius 3 is 2.06 bits per heavy atom. The van der Waals surface area contributed by atoms with Crippen LogP contribution in [-0.2, 0) is 0 Å². The summed E-state index contributed by atoms with van der Waals surface area (Å²) in [4.78, 5) is 0. The molecule has 2 aromatic heterocycles. The van der Waals surface area contributed by atoms with E-state index in [-0.39, 0.29) is 0 Å². The van der Waals surface area contributed by atoms with Crippen molar-refractivity contribution >= 4 is 43.6 Å². The number of aryl methyl sites for hydroxylation is 1. The number of para-hydroxylation sites is 3. The van der Waals surface area contributed by atoms with Crippen LogP contribution in [0.1, 0.15) is 22.3 Å². The highest BCUT2D eigenvalue weighted by atomic mass is 15.0. The molecule has 5 nitrogen and oxygen atoms in total. The van der Waals surface area contributed by atoms with Crippen molar-refractivity contribution in [3.05, 3.63) is 168 Å². The summed E-state index contributed by atoms with van der Waals surface area (Å²) in [5, 5.41) is 34.1. The van der Waals surface area contributed by atoms with Gasteiger partial charge in [-0.15, -0.1) is 0 Å². The molecule has 0 N–H and O–H groups in total. The maximum Gasteiger partial charge on any atom is 0.0998 e. The first-order chi connectivity index (χ1) is 25.1. The monoisotopic (exact) mass is 649 g/mol. The lowest BCUT2D eigenvalue weighted by Crippen LogP contribution is -1.98. The van der Waals surface area contributed by atoms with Gasteiger partial charge in [-0.25, -0.2) is 0 Å². The normalized spacial score (nSPS) is 11.2. The van der Waals surface area contributed by atoms with E-state index in [1.807, 2.05) is 60.7 Å². The van der Waals surface area contributed by atoms with Gasteiger partial charge in [-0.3, -0.25) is 0 Å². The van der Waals surface area contributed by atoms with Crippen molar-refractivity contribution < 1.29 is 0 Å². The molecule has 236 valence electrons. The average molecular weight is 650 g/mol. The van der Waals surface area contributed by atoms with E-state index in [1.54, 1.807) is 0 Å². The molecule has 0 fully saturated rings. The molecule has 0 spiro atoms. The fourth-order valence-corrected chi connectivity index (χ4v) is 7.70. The SMILES string of the molecule is Cc1cccc2c3ccccc3n(-c3cccc(-c4cc(C#N)cc(-c5ccccc5-n5c6ccc(C#N)cc6c6c(C#N)cccc65)c4)c3)c12. The number of aromatic nitrogens is 2. The summed E-state index contributed by atoms with van der Waals surface area (Å²) >= 11 is 0. The van der Waals surface area contributed by atoms with Crippen LogP contribution in [0.15, 0.2) is 146 Å². The van der Waals surface area contributed by atoms with Crippen LogP contribution in [0.5, 0.6) is 0 Å². The Balaban J connectivity index is 1.25. The van der Waals surface area contributed by atoms with Gasteiger partial charge in [0.15, 0.2) is 0 Å². The van der Waals surface area contributed by atoms with Gasteiger partial charge in [0.1, 0.15) is 0 Å². The molecule has 0 aliphatic rings. The molecule has 0 aliphatic carbocycles. The first-order valence-electron chi connectivity index (χ1n) is 16.7. The summed E-state index contributed by atoms with van der Waals surface area (Å²) in [6, 6.07) is 56.0. The second-order valence-corrected chi connectivity index (χ2v) is 12.8. The van der Waals surface area contributed by atoms with E-state index in [0.717, 1.165) is 61.0 Å². The van der Waals surface area contributed by atoms with Crippen LogP contribution >= 0.6 is 0 Å². The number of hydrogen-bond donors (Lipinski definition) is 0. The largest absolute Gasteiger partial charge is 0.309 e. The Labute approximate surface area is 294 Å². The number of nitriles is 3. The van der Waals surface area contributed by atoms with Gasteiger partial charge in [0.2, 0.25) is 0 Å². The van der Waals surface area contributed by atoms with E-state index in [1.165, 1.54) is 21.9 Å². The molecule has 0 amide bonds. The number of nitrogens with zero attached hydrogens (tertiary/aromatic N) is 5. The van der Waals surface area contributed by atoms with Crippen LogP contribution in [0, 0.1) is 40.9 Å². The van der Waals surface area contributed by atoms with Crippen LogP contribution in [0.4, 0.5) is 0 Å². The molecule has 0 unspecified atom stereocenters. The van der Waals surface area contributed by atoms with Gasteiger partial charge in [0.25, 0.3) is 0 Å². The summed E-state index contributed by atoms with van der Waals surface area (Å²) < 4.78 is 4.50. The van der Waals surface area contributed by atoms with E-state index >= 15 is 0 Å². The number of rotatable bonds is 4. The van der Waals surface area contributed by atoms with Crippen molar-refractivity contribution in [2.75, 3.05) is 0 Å². The summed E-state index contributed by atoms with van der Waals surface area (Å²) in [7, 11) is 0. The second kappa shape index (κ2) is 11.6. The first kappa shape index (κ1) is 29.7. The molecular weight excluding hydrogens is 623 g/mol. The zero-order valence-corrected chi connectivity index (χ0v) is 27.6. The molecule has 9 rings (SSSR count). The van der Waals surface area contributed by atoms with Gasteiger partial charge in [0, 0.05) is 32.8 Å². The molecule has 0 aliphatic heterocycles. The number of hydrogen-bond acceptors (Lipinski definition) is 3. The smallest absolute Gasteiger partial charge is 0.0998 e. The highest BCUT2D eigenvalue weighted by Gasteiger charge is 2.19. The van der Waals surface area contributed by atoms with E-state index in [0.29, 0.717) is 16.7 Å². The minimum atomic E-state index is 0.534. The summed E-state index contributed by atoms with van der Waals surface area (Å²) in [6.45, 7) is 2.16. The third kappa shape index (κ3) is 4.60. The van der Waals surface area contributed by atoms with Gasteiger partial charge in [-0.1, -0.05) is 72.8 Å². The van der Waals surface area contributed by atoms with Gasteiger partial charge in [-0.2, -0.15) is 15.8 Å². The fourth-order valence-electron chi connectivity index (χ4n) is 7.70. The Morgan fingerprint density at radius 1 is 0.471 bits per heavy atom. The number of benzene rings is 7. The maximum atomic E-state index is 10.3. The van der Waals surface area contributed by atoms with E-state index in [4.69, 9.17) is 0 Å². The predicted octanol–water partition coefficient (Wildman–Crippen LogP) is 11.1. The highest BCUT2D eigenvalue weighted by molar-refractivity contribution is 6.13. The van der Waals surface area contributed by atoms with Crippen molar-refractivity contribution in [3.63, 3.8) is 0 Å². The molecule has 0 saturated heterocycles. The minimum absolute atomic E-state index is 0.534. The van der Waals surface area contributed by atoms with Gasteiger partial charge in [-0.05, 0) is 102 Å². The molecule has 0 atom stereocenters. The van der Waals surface area contributed by atoms with Crippen molar-refractivity contribution in [3.8, 4) is 51.8 Å². The zero-order chi connectivity index (χ0) is 34.6. The molecule has 0 radical (unpaired) electrons. The van der Waals surface area contributed by atoms with E-state index in [2.05, 4.69) is 119 Å². The van der Waals surface area contributed by atoms with Gasteiger partial charge < -0.3 is 9.13 Å². The predicted molar refractivity (Wildman–Crippen MR) is 205 cm³/mol. The number of fused-ring (bicyclic) bond motifs is 6. The van der Waals surface area contributed by atoms with E-state index < -0.39 is 0 Å². The van der Waals surface area contributed by atoms with Crippen LogP contribution in [0.2, 0.25) is 0 Å². The molecule has 7 aromatic carbocycles. The summed E-state index contributed by atoms with van der Waals surface area (Å²) in [5.74, 6) is 0. The highest BCUT2D eigenvalue weighted by Crippen LogP contribution is 2.40. The first-order valence-corrected chi connectivity index (χ1v) is 16.7. The third-order valence-electron chi connectivity index (χ3n) is 9.89. The van der Waals surface area contributed by atoms with Crippen LogP contribution in [0.3, 0.4) is 0 Å². The minimum Gasteiger partial charge on any atom is -0.309 e. The lowest BCUT2D eigenvalue weighted by atomic mass is 9.95. The van der Waals surface area contributed by atoms with Gasteiger partial charge in [0.05, 0.1) is 62.7 Å². The lowest BCUT2D eigenvalue weighted by Gasteiger charge is -2.16. The van der Waals surface area contributed by atoms with Gasteiger partial charge >= 0.3 is 0 Å². The Morgan fingerprint density at radius 2 is 1.20 bits per heavy atom. The molecule has 0 bridgehead atoms. The van der Waals surface area contributed by atoms with Crippen molar-refractivity contribution in [1.29, 1.82) is 15.8 Å². The molecule has 51 heavy (non-hydrogen) atoms. The molecular formula is C46H27N5. The summed E-state index contributed by atoms with van der Waals surface area (Å²) in [5.41, 5.74) is 12.7. The fraction of sp³-hybridized carbons (Fsp3) is 0.0217. The molecule has 2 heterocycles. The van der Waals surface area contributed by atoms with Crippen molar-refractivity contribution in [2.24, 2.45) is 0 Å². The lowest BCUT2D eigenvalue weighted by molar-refractivity contribution is 1.17. The topological polar surface area (TPSA) is 81.2 Å². The maximum absolute atomic E-state index is 10.3. The van der Waals surface area contributed by atoms with Crippen molar-refractivity contribution in [1.82, 2.24) is 9.13 Å². The van der Waals surface area contributed by atoms with Crippen LogP contribution in [0.25, 0.3) is 77.2 Å². The Hall–Kier alpha value is -7.39. The van der Waals surface area contributed by atoms with Crippen LogP contribution in [-0.4, -0.2) is 9.13 Å². The van der Waals surface area contributed by atoms with E-state index in [9.17, 15) is 15.8 Å². The molecule has 9 aromatic rings. The Bertz CT molecular complexity index is 3030. The molecule has 0 saturated carbocycles. The Kier molecular flexibility index (Phi) is 6.78. The zero-order valence-electron chi connectivity index (χ0n) is 27.6. The third-order valence-corrected chi connectivity index (χ3v) is 9.89. The quantitative estimate of drug-likeness (QED) is 0.190. The average Bonchev–Trinajstić information content (AvgIpc) is 3.71. The van der Waals surface area contributed by atoms with Crippen molar-refractivity contribution in [2.45, 2.75) is 6.92 Å². The molecule has 5 heteroatoms. The summed E-state index contributed by atoms with van der Waals surface area (Å²) in [6.07, 6.45) is 0. The van der Waals surface area contributed by atoms with Crippen LogP contribution < -0.4 is 0 Å².